The zero-order valence-corrected chi connectivity index (χ0v) is 26.2. The highest BCUT2D eigenvalue weighted by molar-refractivity contribution is 7.92. The number of aliphatic imine (C=N–C) groups is 1. The largest absolute Gasteiger partial charge is 0.573 e. The summed E-state index contributed by atoms with van der Waals surface area (Å²) in [6.45, 7) is 3.87. The number of aryl methyl sites for hydroxylation is 1. The van der Waals surface area contributed by atoms with Crippen molar-refractivity contribution in [3.05, 3.63) is 64.6 Å². The van der Waals surface area contributed by atoms with Crippen LogP contribution in [0, 0.1) is 6.92 Å². The molecule has 0 aliphatic carbocycles. The Morgan fingerprint density at radius 2 is 1.69 bits per heavy atom. The number of ether oxygens (including phenoxy) is 2. The van der Waals surface area contributed by atoms with Gasteiger partial charge in [-0.15, -0.1) is 13.2 Å². The van der Waals surface area contributed by atoms with Crippen molar-refractivity contribution in [2.24, 2.45) is 4.99 Å². The van der Waals surface area contributed by atoms with Crippen molar-refractivity contribution in [1.82, 2.24) is 14.9 Å². The number of piperidine rings is 2. The van der Waals surface area contributed by atoms with E-state index in [9.17, 15) is 39.6 Å². The van der Waals surface area contributed by atoms with Crippen molar-refractivity contribution in [3.63, 3.8) is 0 Å². The number of carboxylic acids is 1. The molecule has 1 spiro atoms. The normalized spacial score (nSPS) is 19.0. The second-order valence-corrected chi connectivity index (χ2v) is 13.0. The van der Waals surface area contributed by atoms with Crippen molar-refractivity contribution < 1.29 is 58.9 Å². The summed E-state index contributed by atoms with van der Waals surface area (Å²) < 4.78 is 107. The Morgan fingerprint density at radius 3 is 2.27 bits per heavy atom. The van der Waals surface area contributed by atoms with Gasteiger partial charge in [0, 0.05) is 24.1 Å². The number of amides is 1. The van der Waals surface area contributed by atoms with Crippen molar-refractivity contribution >= 4 is 33.8 Å². The van der Waals surface area contributed by atoms with E-state index in [1.165, 1.54) is 16.4 Å². The highest BCUT2D eigenvalue weighted by Crippen LogP contribution is 2.33. The molecule has 0 aromatic heterocycles. The number of amidine groups is 1. The number of halogens is 6. The fraction of sp³-hybridized carbons (Fsp3) is 0.433. The minimum absolute atomic E-state index is 0.0656. The molecule has 11 nitrogen and oxygen atoms in total. The predicted molar refractivity (Wildman–Crippen MR) is 161 cm³/mol. The van der Waals surface area contributed by atoms with Crippen LogP contribution in [0.15, 0.2) is 52.9 Å². The van der Waals surface area contributed by atoms with Crippen LogP contribution in [-0.2, 0) is 19.6 Å². The number of benzene rings is 2. The van der Waals surface area contributed by atoms with Crippen molar-refractivity contribution in [2.75, 3.05) is 26.2 Å². The molecule has 5 rings (SSSR count). The van der Waals surface area contributed by atoms with Gasteiger partial charge in [-0.05, 0) is 87.2 Å². The maximum atomic E-state index is 13.1. The molecule has 262 valence electrons. The first-order chi connectivity index (χ1) is 22.4. The van der Waals surface area contributed by atoms with Crippen LogP contribution < -0.4 is 20.1 Å². The van der Waals surface area contributed by atoms with Crippen molar-refractivity contribution in [2.45, 2.75) is 56.8 Å². The highest BCUT2D eigenvalue weighted by Gasteiger charge is 2.47. The number of aliphatic carboxylic acids is 1. The van der Waals surface area contributed by atoms with Gasteiger partial charge in [0.15, 0.2) is 0 Å². The first-order valence-electron chi connectivity index (χ1n) is 14.6. The number of hydrogen-bond donors (Lipinski definition) is 3. The predicted octanol–water partition coefficient (Wildman–Crippen LogP) is 4.37. The van der Waals surface area contributed by atoms with Gasteiger partial charge in [-0.2, -0.15) is 17.5 Å². The van der Waals surface area contributed by atoms with E-state index in [0.717, 1.165) is 60.3 Å². The maximum Gasteiger partial charge on any atom is 0.573 e. The summed E-state index contributed by atoms with van der Waals surface area (Å²) in [5.74, 6) is -2.72. The average molecular weight is 707 g/mol. The fourth-order valence-corrected chi connectivity index (χ4v) is 6.39. The quantitative estimate of drug-likeness (QED) is 0.360. The first kappa shape index (κ1) is 36.7. The molecule has 1 amide bonds. The van der Waals surface area contributed by atoms with E-state index in [2.05, 4.69) is 20.4 Å². The Bertz CT molecular complexity index is 1660. The number of hydrogen-bond acceptors (Lipinski definition) is 8. The molecule has 0 bridgehead atoms. The molecule has 3 aliphatic rings. The smallest absolute Gasteiger partial charge is 0.490 e. The van der Waals surface area contributed by atoms with Gasteiger partial charge in [-0.1, -0.05) is 18.2 Å². The van der Waals surface area contributed by atoms with E-state index in [1.54, 1.807) is 6.08 Å². The Labute approximate surface area is 271 Å². The van der Waals surface area contributed by atoms with Gasteiger partial charge in [0.05, 0.1) is 0 Å². The van der Waals surface area contributed by atoms with Crippen LogP contribution in [0.4, 0.5) is 26.3 Å². The fourth-order valence-electron chi connectivity index (χ4n) is 5.20. The molecule has 2 aromatic rings. The van der Waals surface area contributed by atoms with E-state index in [-0.39, 0.29) is 43.4 Å². The first-order valence-corrected chi connectivity index (χ1v) is 16.1. The van der Waals surface area contributed by atoms with Crippen LogP contribution in [0.5, 0.6) is 11.5 Å². The molecule has 2 fully saturated rings. The van der Waals surface area contributed by atoms with Gasteiger partial charge in [0.2, 0.25) is 10.0 Å². The van der Waals surface area contributed by atoms with Crippen LogP contribution in [0.3, 0.4) is 0 Å². The minimum Gasteiger partial charge on any atom is -0.490 e. The maximum absolute atomic E-state index is 13.1. The lowest BCUT2D eigenvalue weighted by Crippen LogP contribution is -2.50. The van der Waals surface area contributed by atoms with Gasteiger partial charge in [-0.3, -0.25) is 9.79 Å². The summed E-state index contributed by atoms with van der Waals surface area (Å²) in [6, 6.07) is 10.7. The summed E-state index contributed by atoms with van der Waals surface area (Å²) in [6.07, 6.45) is -6.07. The van der Waals surface area contributed by atoms with Crippen molar-refractivity contribution in [1.29, 1.82) is 0 Å². The lowest BCUT2D eigenvalue weighted by Gasteiger charge is -2.34. The number of carbonyl (C=O) groups excluding carboxylic acids is 1. The summed E-state index contributed by atoms with van der Waals surface area (Å²) in [7, 11) is -3.77. The van der Waals surface area contributed by atoms with E-state index in [4.69, 9.17) is 14.6 Å². The van der Waals surface area contributed by atoms with E-state index >= 15 is 0 Å². The zero-order valence-electron chi connectivity index (χ0n) is 25.4. The summed E-state index contributed by atoms with van der Waals surface area (Å²) in [5.41, 5.74) is 0.709. The molecule has 3 heterocycles. The molecule has 0 saturated carbocycles. The monoisotopic (exact) mass is 706 g/mol. The molecule has 0 atom stereocenters. The van der Waals surface area contributed by atoms with Crippen LogP contribution in [0.1, 0.15) is 42.4 Å². The Morgan fingerprint density at radius 1 is 1.04 bits per heavy atom. The SMILES string of the molecule is Cc1cc(OC2CCNCC2)ccc1/C=C/S(=O)(=O)N1CCC2(CC1)N=C(c1cccc(OC(F)(F)F)c1)NC2=O.O=C(O)C(F)(F)F. The second-order valence-electron chi connectivity index (χ2n) is 11.2. The second kappa shape index (κ2) is 14.5. The summed E-state index contributed by atoms with van der Waals surface area (Å²) in [4.78, 5) is 26.3. The van der Waals surface area contributed by atoms with Crippen molar-refractivity contribution in [3.8, 4) is 11.5 Å². The van der Waals surface area contributed by atoms with E-state index in [1.807, 2.05) is 25.1 Å². The topological polar surface area (TPSA) is 147 Å². The molecule has 3 N–H and O–H groups in total. The van der Waals surface area contributed by atoms with Gasteiger partial charge in [0.1, 0.15) is 29.0 Å². The third-order valence-electron chi connectivity index (χ3n) is 7.72. The highest BCUT2D eigenvalue weighted by atomic mass is 32.2. The van der Waals surface area contributed by atoms with E-state index < -0.39 is 45.7 Å². The number of sulfonamides is 1. The lowest BCUT2D eigenvalue weighted by molar-refractivity contribution is -0.274. The minimum atomic E-state index is -5.08. The Hall–Kier alpha value is -4.16. The third kappa shape index (κ3) is 9.70. The zero-order chi connectivity index (χ0) is 35.3. The van der Waals surface area contributed by atoms with Gasteiger partial charge >= 0.3 is 18.5 Å². The van der Waals surface area contributed by atoms with E-state index in [0.29, 0.717) is 0 Å². The standard InChI is InChI=1S/C28H31F3N4O5S.C2HF3O2/c1-19-17-23(39-22-7-12-32-13-8-22)6-5-20(19)9-16-41(37,38)35-14-10-27(11-15-35)26(36)33-25(34-27)21-3-2-4-24(18-21)40-28(29,30)31;3-2(4,5)1(6)7/h2-6,9,16-18,22,32H,7-8,10-15H2,1H3,(H,33,34,36);(H,6,7)/b16-9+;. The van der Waals surface area contributed by atoms with Crippen LogP contribution in [0.25, 0.3) is 6.08 Å². The number of nitrogens with zero attached hydrogens (tertiary/aromatic N) is 2. The average Bonchev–Trinajstić information content (AvgIpc) is 3.31. The third-order valence-corrected chi connectivity index (χ3v) is 9.29. The summed E-state index contributed by atoms with van der Waals surface area (Å²) >= 11 is 0. The molecule has 18 heteroatoms. The number of rotatable bonds is 7. The number of alkyl halides is 6. The summed E-state index contributed by atoms with van der Waals surface area (Å²) in [5, 5.41) is 14.2. The molecular formula is C30H32F6N4O7S. The number of carbonyl (C=O) groups is 2. The van der Waals surface area contributed by atoms with Crippen LogP contribution in [0.2, 0.25) is 0 Å². The van der Waals surface area contributed by atoms with Crippen LogP contribution >= 0.6 is 0 Å². The molecule has 2 aromatic carbocycles. The van der Waals surface area contributed by atoms with Gasteiger partial charge in [0.25, 0.3) is 5.91 Å². The molecular weight excluding hydrogens is 674 g/mol. The molecule has 48 heavy (non-hydrogen) atoms. The lowest BCUT2D eigenvalue weighted by atomic mass is 9.89. The number of carboxylic acid groups (broad SMARTS) is 1. The van der Waals surface area contributed by atoms with Gasteiger partial charge in [-0.25, -0.2) is 13.2 Å². The molecule has 3 aliphatic heterocycles. The molecule has 2 saturated heterocycles. The molecule has 0 unspecified atom stereocenters. The Balaban J connectivity index is 0.000000671. The van der Waals surface area contributed by atoms with Gasteiger partial charge < -0.3 is 25.2 Å². The Kier molecular flexibility index (Phi) is 11.1. The molecule has 0 radical (unpaired) electrons. The number of nitrogens with one attached hydrogen (secondary N) is 2. The van der Waals surface area contributed by atoms with Crippen LogP contribution in [-0.4, -0.2) is 85.9 Å².